The summed E-state index contributed by atoms with van der Waals surface area (Å²) in [7, 11) is 0. The maximum Gasteiger partial charge on any atom is 0.332 e. The molecule has 1 saturated heterocycles. The summed E-state index contributed by atoms with van der Waals surface area (Å²) < 4.78 is 6.80. The Hall–Kier alpha value is -1.40. The predicted molar refractivity (Wildman–Crippen MR) is 92.7 cm³/mol. The van der Waals surface area contributed by atoms with Crippen molar-refractivity contribution < 1.29 is 14.9 Å². The van der Waals surface area contributed by atoms with Crippen LogP contribution in [-0.4, -0.2) is 63.9 Å². The fourth-order valence-corrected chi connectivity index (χ4v) is 3.51. The molecule has 0 radical (unpaired) electrons. The minimum absolute atomic E-state index is 0.0854. The maximum atomic E-state index is 12.0. The number of nitrogens with one attached hydrogen (secondary N) is 1. The summed E-state index contributed by atoms with van der Waals surface area (Å²) in [5.74, 6) is 0. The standard InChI is InChI=1S/C15H23N2O5P/c1-5-17-8-9(14(20)16-15(17)21)13-12(19)11(18)10(22-13)6-7-23(2,3)4/h5,8,10-13,18-19H,1-2,6-7H2,3-4H3,(H,16,20,21)/t10-,11-,12-,13+/m1/s1. The number of aliphatic hydroxyl groups excluding tert-OH is 2. The van der Waals surface area contributed by atoms with E-state index in [1.165, 1.54) is 12.4 Å². The smallest absolute Gasteiger partial charge is 0.332 e. The van der Waals surface area contributed by atoms with Crippen molar-refractivity contribution in [3.8, 4) is 0 Å². The van der Waals surface area contributed by atoms with Crippen LogP contribution < -0.4 is 11.2 Å². The lowest BCUT2D eigenvalue weighted by Gasteiger charge is -2.18. The van der Waals surface area contributed by atoms with Crippen LogP contribution >= 0.6 is 6.89 Å². The number of aliphatic hydroxyl groups is 2. The van der Waals surface area contributed by atoms with Gasteiger partial charge in [0, 0.05) is 12.4 Å². The Morgan fingerprint density at radius 1 is 1.39 bits per heavy atom. The van der Waals surface area contributed by atoms with Gasteiger partial charge in [-0.25, -0.2) is 4.79 Å². The predicted octanol–water partition coefficient (Wildman–Crippen LogP) is -0.102. The van der Waals surface area contributed by atoms with E-state index in [1.807, 2.05) is 0 Å². The van der Waals surface area contributed by atoms with Gasteiger partial charge in [-0.15, -0.1) is 13.2 Å². The van der Waals surface area contributed by atoms with E-state index in [9.17, 15) is 19.8 Å². The summed E-state index contributed by atoms with van der Waals surface area (Å²) in [6.07, 6.45) is 4.10. The number of hydrogen-bond acceptors (Lipinski definition) is 5. The first-order chi connectivity index (χ1) is 10.6. The molecule has 0 bridgehead atoms. The Morgan fingerprint density at radius 2 is 2.04 bits per heavy atom. The molecule has 1 aliphatic rings. The number of hydrogen-bond donors (Lipinski definition) is 3. The summed E-state index contributed by atoms with van der Waals surface area (Å²) in [4.78, 5) is 25.7. The lowest BCUT2D eigenvalue weighted by molar-refractivity contribution is 0.00505. The molecule has 4 atom stereocenters. The second-order valence-electron chi connectivity index (χ2n) is 6.46. The molecule has 0 aromatic carbocycles. The second-order valence-corrected chi connectivity index (χ2v) is 10.8. The largest absolute Gasteiger partial charge is 0.388 e. The Bertz CT molecular complexity index is 747. The molecule has 1 aromatic rings. The number of H-pyrrole nitrogens is 1. The minimum Gasteiger partial charge on any atom is -0.388 e. The Morgan fingerprint density at radius 3 is 2.61 bits per heavy atom. The summed E-state index contributed by atoms with van der Waals surface area (Å²) in [6.45, 7) is 6.35. The number of aromatic amines is 1. The van der Waals surface area contributed by atoms with Crippen molar-refractivity contribution in [2.24, 2.45) is 0 Å². The lowest BCUT2D eigenvalue weighted by Crippen LogP contribution is -2.34. The van der Waals surface area contributed by atoms with E-state index < -0.39 is 42.6 Å². The van der Waals surface area contributed by atoms with Crippen LogP contribution in [0.5, 0.6) is 0 Å². The number of rotatable bonds is 5. The van der Waals surface area contributed by atoms with Crippen molar-refractivity contribution in [3.63, 3.8) is 0 Å². The van der Waals surface area contributed by atoms with Crippen LogP contribution in [-0.2, 0) is 4.74 Å². The van der Waals surface area contributed by atoms with Gasteiger partial charge in [0.05, 0.1) is 11.7 Å². The Labute approximate surface area is 134 Å². The van der Waals surface area contributed by atoms with E-state index in [2.05, 4.69) is 31.2 Å². The first-order valence-electron chi connectivity index (χ1n) is 7.31. The van der Waals surface area contributed by atoms with Crippen LogP contribution in [0.4, 0.5) is 0 Å². The van der Waals surface area contributed by atoms with Crippen LogP contribution in [0.25, 0.3) is 6.20 Å². The molecule has 0 spiro atoms. The highest BCUT2D eigenvalue weighted by Crippen LogP contribution is 2.40. The van der Waals surface area contributed by atoms with E-state index in [1.54, 1.807) is 0 Å². The first-order valence-corrected chi connectivity index (χ1v) is 10.4. The topological polar surface area (TPSA) is 105 Å². The van der Waals surface area contributed by atoms with E-state index in [0.717, 1.165) is 10.7 Å². The van der Waals surface area contributed by atoms with Gasteiger partial charge in [-0.05, 0) is 25.9 Å². The second kappa shape index (κ2) is 6.61. The first kappa shape index (κ1) is 17.9. The van der Waals surface area contributed by atoms with Crippen molar-refractivity contribution in [1.82, 2.24) is 9.55 Å². The van der Waals surface area contributed by atoms with Crippen LogP contribution in [0.2, 0.25) is 0 Å². The normalized spacial score (nSPS) is 28.0. The maximum absolute atomic E-state index is 12.0. The molecule has 128 valence electrons. The van der Waals surface area contributed by atoms with Gasteiger partial charge in [0.1, 0.15) is 18.3 Å². The van der Waals surface area contributed by atoms with Crippen LogP contribution in [0, 0.1) is 0 Å². The van der Waals surface area contributed by atoms with Gasteiger partial charge >= 0.3 is 5.69 Å². The molecule has 23 heavy (non-hydrogen) atoms. The molecular weight excluding hydrogens is 319 g/mol. The molecule has 8 heteroatoms. The zero-order valence-electron chi connectivity index (χ0n) is 13.3. The number of ether oxygens (including phenoxy) is 1. The van der Waals surface area contributed by atoms with Gasteiger partial charge in [-0.3, -0.25) is 14.3 Å². The number of nitrogens with zero attached hydrogens (tertiary/aromatic N) is 1. The van der Waals surface area contributed by atoms with Gasteiger partial charge < -0.3 is 14.9 Å². The average molecular weight is 342 g/mol. The van der Waals surface area contributed by atoms with E-state index in [-0.39, 0.29) is 5.56 Å². The van der Waals surface area contributed by atoms with Crippen LogP contribution in [0.1, 0.15) is 18.1 Å². The third-order valence-electron chi connectivity index (χ3n) is 3.88. The van der Waals surface area contributed by atoms with Crippen molar-refractivity contribution in [1.29, 1.82) is 0 Å². The van der Waals surface area contributed by atoms with Crippen molar-refractivity contribution in [2.75, 3.05) is 19.5 Å². The van der Waals surface area contributed by atoms with Crippen LogP contribution in [0.15, 0.2) is 22.4 Å². The molecule has 1 aromatic heterocycles. The summed E-state index contributed by atoms with van der Waals surface area (Å²) in [5.41, 5.74) is -1.18. The molecule has 0 amide bonds. The molecule has 2 heterocycles. The highest BCUT2D eigenvalue weighted by atomic mass is 31.2. The van der Waals surface area contributed by atoms with E-state index >= 15 is 0 Å². The molecule has 0 unspecified atom stereocenters. The quantitative estimate of drug-likeness (QED) is 0.648. The molecule has 1 fully saturated rings. The fraction of sp³-hybridized carbons (Fsp3) is 0.533. The third kappa shape index (κ3) is 3.93. The molecule has 2 rings (SSSR count). The molecular formula is C15H23N2O5P. The Kier molecular flexibility index (Phi) is 5.16. The van der Waals surface area contributed by atoms with Gasteiger partial charge in [-0.2, -0.15) is 0 Å². The zero-order valence-corrected chi connectivity index (χ0v) is 14.2. The molecule has 1 aliphatic heterocycles. The molecule has 0 saturated carbocycles. The highest BCUT2D eigenvalue weighted by molar-refractivity contribution is 7.72. The van der Waals surface area contributed by atoms with Gasteiger partial charge in [-0.1, -0.05) is 6.58 Å². The van der Waals surface area contributed by atoms with Crippen molar-refractivity contribution in [2.45, 2.75) is 30.8 Å². The van der Waals surface area contributed by atoms with Gasteiger partial charge in [0.25, 0.3) is 5.56 Å². The monoisotopic (exact) mass is 342 g/mol. The van der Waals surface area contributed by atoms with E-state index in [0.29, 0.717) is 6.42 Å². The summed E-state index contributed by atoms with van der Waals surface area (Å²) in [6, 6.07) is 0. The van der Waals surface area contributed by atoms with Crippen molar-refractivity contribution in [3.05, 3.63) is 39.2 Å². The molecule has 7 nitrogen and oxygen atoms in total. The van der Waals surface area contributed by atoms with Crippen molar-refractivity contribution >= 4 is 19.4 Å². The summed E-state index contributed by atoms with van der Waals surface area (Å²) in [5, 5.41) is 20.4. The Balaban J connectivity index is 2.28. The van der Waals surface area contributed by atoms with E-state index in [4.69, 9.17) is 4.74 Å². The SMILES string of the molecule is C=Cn1cc([C@@H]2O[C@H](CCP(=C)(C)C)[C@@H](O)[C@H]2O)c(=O)[nH]c1=O. The lowest BCUT2D eigenvalue weighted by atomic mass is 10.0. The number of aromatic nitrogens is 2. The van der Waals surface area contributed by atoms with Gasteiger partial charge in [0.2, 0.25) is 0 Å². The molecule has 0 aliphatic carbocycles. The average Bonchev–Trinajstić information content (AvgIpc) is 2.73. The minimum atomic E-state index is -1.28. The summed E-state index contributed by atoms with van der Waals surface area (Å²) >= 11 is 0. The van der Waals surface area contributed by atoms with Gasteiger partial charge in [0.15, 0.2) is 0 Å². The van der Waals surface area contributed by atoms with Crippen LogP contribution in [0.3, 0.4) is 0 Å². The third-order valence-corrected chi connectivity index (χ3v) is 5.35. The highest BCUT2D eigenvalue weighted by Gasteiger charge is 2.44. The zero-order chi connectivity index (χ0) is 17.4. The molecule has 3 N–H and O–H groups in total. The fourth-order valence-electron chi connectivity index (χ4n) is 2.56.